The van der Waals surface area contributed by atoms with Crippen LogP contribution in [-0.2, 0) is 9.63 Å². The third kappa shape index (κ3) is 3.30. The van der Waals surface area contributed by atoms with E-state index in [4.69, 9.17) is 16.4 Å². The Morgan fingerprint density at radius 1 is 1.47 bits per heavy atom. The van der Waals surface area contributed by atoms with Crippen molar-refractivity contribution < 1.29 is 14.7 Å². The Bertz CT molecular complexity index is 430. The average Bonchev–Trinajstić information content (AvgIpc) is 2.75. The molecule has 1 N–H and O–H groups in total. The molecule has 1 atom stereocenters. The van der Waals surface area contributed by atoms with E-state index in [0.717, 1.165) is 10.6 Å². The topological polar surface area (TPSA) is 49.8 Å². The van der Waals surface area contributed by atoms with E-state index in [0.29, 0.717) is 5.02 Å². The summed E-state index contributed by atoms with van der Waals surface area (Å²) < 4.78 is 0. The highest BCUT2D eigenvalue weighted by atomic mass is 35.5. The third-order valence-corrected chi connectivity index (χ3v) is 2.59. The summed E-state index contributed by atoms with van der Waals surface area (Å²) in [6.45, 7) is 0.379. The van der Waals surface area contributed by atoms with Crippen molar-refractivity contribution in [1.82, 2.24) is 5.06 Å². The number of hydrogen-bond donors (Lipinski definition) is 1. The molecule has 0 spiro atoms. The van der Waals surface area contributed by atoms with Crippen LogP contribution in [0.15, 0.2) is 30.3 Å². The second-order valence-corrected chi connectivity index (χ2v) is 4.17. The first-order valence-corrected chi connectivity index (χ1v) is 5.59. The van der Waals surface area contributed by atoms with Crippen LogP contribution in [0.25, 0.3) is 6.08 Å². The minimum absolute atomic E-state index is 0.167. The SMILES string of the molecule is O=C(/C=C/c1ccc(Cl)cc1)N1CC(O)CO1. The Labute approximate surface area is 104 Å². The minimum Gasteiger partial charge on any atom is -0.389 e. The number of carbonyl (C=O) groups excluding carboxylic acids is 1. The molecule has 2 rings (SSSR count). The summed E-state index contributed by atoms with van der Waals surface area (Å²) in [6, 6.07) is 7.13. The number of β-amino-alcohol motifs (C(OH)–C–C–N with tert-alkyl or cyclic N) is 1. The van der Waals surface area contributed by atoms with Crippen molar-refractivity contribution in [2.45, 2.75) is 6.10 Å². The van der Waals surface area contributed by atoms with Crippen LogP contribution in [-0.4, -0.2) is 35.3 Å². The fourth-order valence-corrected chi connectivity index (χ4v) is 1.58. The average molecular weight is 254 g/mol. The van der Waals surface area contributed by atoms with Crippen molar-refractivity contribution in [2.24, 2.45) is 0 Å². The summed E-state index contributed by atoms with van der Waals surface area (Å²) >= 11 is 5.75. The van der Waals surface area contributed by atoms with E-state index in [9.17, 15) is 9.90 Å². The standard InChI is InChI=1S/C12H12ClNO3/c13-10-4-1-9(2-5-10)3-6-12(16)14-7-11(15)8-17-14/h1-6,11,15H,7-8H2/b6-3+. The molecule has 90 valence electrons. The molecule has 0 aliphatic carbocycles. The number of amides is 1. The molecule has 17 heavy (non-hydrogen) atoms. The Hall–Kier alpha value is -1.36. The number of hydroxylamine groups is 2. The Balaban J connectivity index is 1.96. The molecule has 1 fully saturated rings. The molecular formula is C12H12ClNO3. The number of aliphatic hydroxyl groups is 1. The van der Waals surface area contributed by atoms with Gasteiger partial charge in [-0.3, -0.25) is 9.63 Å². The van der Waals surface area contributed by atoms with Crippen molar-refractivity contribution >= 4 is 23.6 Å². The highest BCUT2D eigenvalue weighted by Gasteiger charge is 2.24. The molecule has 5 heteroatoms. The lowest BCUT2D eigenvalue weighted by Gasteiger charge is -2.10. The molecule has 1 amide bonds. The molecule has 1 aliphatic rings. The van der Waals surface area contributed by atoms with E-state index in [1.165, 1.54) is 6.08 Å². The lowest BCUT2D eigenvalue weighted by molar-refractivity contribution is -0.162. The molecule has 1 aromatic rings. The zero-order valence-corrected chi connectivity index (χ0v) is 9.80. The molecule has 0 radical (unpaired) electrons. The van der Waals surface area contributed by atoms with Gasteiger partial charge >= 0.3 is 0 Å². The quantitative estimate of drug-likeness (QED) is 0.813. The van der Waals surface area contributed by atoms with E-state index in [2.05, 4.69) is 0 Å². The highest BCUT2D eigenvalue weighted by molar-refractivity contribution is 6.30. The maximum atomic E-state index is 11.6. The molecule has 1 aliphatic heterocycles. The monoisotopic (exact) mass is 253 g/mol. The van der Waals surface area contributed by atoms with E-state index in [1.54, 1.807) is 18.2 Å². The van der Waals surface area contributed by atoms with Crippen molar-refractivity contribution in [3.05, 3.63) is 40.9 Å². The van der Waals surface area contributed by atoms with Gasteiger partial charge in [-0.1, -0.05) is 23.7 Å². The minimum atomic E-state index is -0.595. The zero-order chi connectivity index (χ0) is 12.3. The fraction of sp³-hybridized carbons (Fsp3) is 0.250. The van der Waals surface area contributed by atoms with Crippen molar-refractivity contribution in [3.63, 3.8) is 0 Å². The van der Waals surface area contributed by atoms with Gasteiger partial charge in [0.25, 0.3) is 5.91 Å². The Kier molecular flexibility index (Phi) is 3.78. The van der Waals surface area contributed by atoms with Gasteiger partial charge in [-0.2, -0.15) is 0 Å². The van der Waals surface area contributed by atoms with Crippen LogP contribution in [0.4, 0.5) is 0 Å². The largest absolute Gasteiger partial charge is 0.389 e. The van der Waals surface area contributed by atoms with Gasteiger partial charge in [0.2, 0.25) is 0 Å². The molecule has 1 aromatic carbocycles. The number of carbonyl (C=O) groups is 1. The van der Waals surface area contributed by atoms with Gasteiger partial charge in [-0.05, 0) is 23.8 Å². The number of rotatable bonds is 2. The smallest absolute Gasteiger partial charge is 0.270 e. The van der Waals surface area contributed by atoms with Gasteiger partial charge < -0.3 is 5.11 Å². The summed E-state index contributed by atoms with van der Waals surface area (Å²) in [6.07, 6.45) is 2.48. The maximum Gasteiger partial charge on any atom is 0.270 e. The summed E-state index contributed by atoms with van der Waals surface area (Å²) in [4.78, 5) is 16.6. The number of nitrogens with zero attached hydrogens (tertiary/aromatic N) is 1. The maximum absolute atomic E-state index is 11.6. The molecule has 1 heterocycles. The fourth-order valence-electron chi connectivity index (χ4n) is 1.45. The molecule has 0 saturated carbocycles. The van der Waals surface area contributed by atoms with E-state index >= 15 is 0 Å². The van der Waals surface area contributed by atoms with Gasteiger partial charge in [0.15, 0.2) is 0 Å². The predicted octanol–water partition coefficient (Wildman–Crippen LogP) is 1.49. The van der Waals surface area contributed by atoms with Gasteiger partial charge in [-0.25, -0.2) is 5.06 Å². The second-order valence-electron chi connectivity index (χ2n) is 3.73. The zero-order valence-electron chi connectivity index (χ0n) is 9.04. The summed E-state index contributed by atoms with van der Waals surface area (Å²) in [7, 11) is 0. The molecule has 0 bridgehead atoms. The van der Waals surface area contributed by atoms with Crippen LogP contribution >= 0.6 is 11.6 Å². The van der Waals surface area contributed by atoms with Gasteiger partial charge in [0, 0.05) is 11.1 Å². The first kappa shape index (κ1) is 12.1. The van der Waals surface area contributed by atoms with Crippen LogP contribution in [0.1, 0.15) is 5.56 Å². The van der Waals surface area contributed by atoms with E-state index < -0.39 is 6.10 Å². The molecular weight excluding hydrogens is 242 g/mol. The van der Waals surface area contributed by atoms with E-state index in [1.807, 2.05) is 12.1 Å². The summed E-state index contributed by atoms with van der Waals surface area (Å²) in [5, 5.41) is 11.0. The van der Waals surface area contributed by atoms with Gasteiger partial charge in [-0.15, -0.1) is 0 Å². The molecule has 1 unspecified atom stereocenters. The first-order valence-electron chi connectivity index (χ1n) is 5.21. The summed E-state index contributed by atoms with van der Waals surface area (Å²) in [5.74, 6) is -0.281. The van der Waals surface area contributed by atoms with Crippen LogP contribution < -0.4 is 0 Å². The third-order valence-electron chi connectivity index (χ3n) is 2.33. The molecule has 1 saturated heterocycles. The van der Waals surface area contributed by atoms with Gasteiger partial charge in [0.1, 0.15) is 12.7 Å². The summed E-state index contributed by atoms with van der Waals surface area (Å²) in [5.41, 5.74) is 0.877. The number of halogens is 1. The highest BCUT2D eigenvalue weighted by Crippen LogP contribution is 2.11. The van der Waals surface area contributed by atoms with Crippen LogP contribution in [0.3, 0.4) is 0 Å². The molecule has 4 nitrogen and oxygen atoms in total. The van der Waals surface area contributed by atoms with Crippen LogP contribution in [0.2, 0.25) is 5.02 Å². The van der Waals surface area contributed by atoms with Crippen molar-refractivity contribution in [2.75, 3.05) is 13.2 Å². The Morgan fingerprint density at radius 2 is 2.18 bits per heavy atom. The Morgan fingerprint density at radius 3 is 2.76 bits per heavy atom. The lowest BCUT2D eigenvalue weighted by Crippen LogP contribution is -2.26. The van der Waals surface area contributed by atoms with Crippen LogP contribution in [0, 0.1) is 0 Å². The van der Waals surface area contributed by atoms with Crippen LogP contribution in [0.5, 0.6) is 0 Å². The lowest BCUT2D eigenvalue weighted by atomic mass is 10.2. The normalized spacial score (nSPS) is 20.1. The van der Waals surface area contributed by atoms with Gasteiger partial charge in [0.05, 0.1) is 6.54 Å². The number of benzene rings is 1. The number of hydrogen-bond acceptors (Lipinski definition) is 3. The van der Waals surface area contributed by atoms with E-state index in [-0.39, 0.29) is 19.1 Å². The van der Waals surface area contributed by atoms with Crippen molar-refractivity contribution in [3.8, 4) is 0 Å². The second kappa shape index (κ2) is 5.31. The predicted molar refractivity (Wildman–Crippen MR) is 64.2 cm³/mol. The molecule has 0 aromatic heterocycles. The van der Waals surface area contributed by atoms with Crippen molar-refractivity contribution in [1.29, 1.82) is 0 Å². The first-order chi connectivity index (χ1) is 8.15. The number of aliphatic hydroxyl groups excluding tert-OH is 1.